The van der Waals surface area contributed by atoms with Crippen LogP contribution in [0.3, 0.4) is 0 Å². The lowest BCUT2D eigenvalue weighted by Crippen LogP contribution is -2.35. The van der Waals surface area contributed by atoms with Gasteiger partial charge >= 0.3 is 0 Å². The number of fused-ring (bicyclic) bond motifs is 1. The van der Waals surface area contributed by atoms with Crippen molar-refractivity contribution in [3.8, 4) is 16.3 Å². The number of carbonyl (C=O) groups excluding carboxylic acids is 1. The van der Waals surface area contributed by atoms with Gasteiger partial charge in [0.15, 0.2) is 5.65 Å². The molecule has 0 bridgehead atoms. The van der Waals surface area contributed by atoms with Gasteiger partial charge in [0.05, 0.1) is 17.7 Å². The number of nitrogens with zero attached hydrogens (tertiary/aromatic N) is 6. The first-order chi connectivity index (χ1) is 16.9. The Hall–Kier alpha value is -2.96. The lowest BCUT2D eigenvalue weighted by Gasteiger charge is -2.22. The van der Waals surface area contributed by atoms with Crippen molar-refractivity contribution in [2.24, 2.45) is 5.41 Å². The fourth-order valence-electron chi connectivity index (χ4n) is 4.47. The number of nitrogens with one attached hydrogen (secondary N) is 2. The van der Waals surface area contributed by atoms with E-state index >= 15 is 0 Å². The molecule has 1 saturated carbocycles. The van der Waals surface area contributed by atoms with Gasteiger partial charge in [-0.1, -0.05) is 18.3 Å². The number of benzene rings is 1. The van der Waals surface area contributed by atoms with Crippen LogP contribution in [0.15, 0.2) is 35.1 Å². The van der Waals surface area contributed by atoms with Crippen molar-refractivity contribution >= 4 is 50.2 Å². The largest absolute Gasteiger partial charge is 0.377 e. The predicted molar refractivity (Wildman–Crippen MR) is 137 cm³/mol. The zero-order valence-corrected chi connectivity index (χ0v) is 22.0. The van der Waals surface area contributed by atoms with Crippen molar-refractivity contribution in [2.45, 2.75) is 38.8 Å². The summed E-state index contributed by atoms with van der Waals surface area (Å²) < 4.78 is 7.59. The molecule has 0 saturated heterocycles. The Morgan fingerprint density at radius 3 is 2.86 bits per heavy atom. The van der Waals surface area contributed by atoms with E-state index in [1.807, 2.05) is 31.2 Å². The summed E-state index contributed by atoms with van der Waals surface area (Å²) in [6, 6.07) is 8.07. The van der Waals surface area contributed by atoms with Crippen LogP contribution in [-0.2, 0) is 16.1 Å². The number of aromatic nitrogens is 6. The van der Waals surface area contributed by atoms with Crippen LogP contribution >= 0.6 is 27.3 Å². The van der Waals surface area contributed by atoms with E-state index in [1.165, 1.54) is 11.3 Å². The standard InChI is InChI=1S/C23H25BrN8O2S/c1-23(21(33)25-2)9-8-14(10-23)27-22-26-11-16-18(24)31-32(19(16)28-22)15-6-4-13(5-7-15)20-30-29-17(35-20)12-34-3/h4-7,11,14H,8-10,12H2,1-3H3,(H,25,33)(H,26,27,28)/t14-,23-/m1/s1. The van der Waals surface area contributed by atoms with Crippen LogP contribution in [0.4, 0.5) is 5.95 Å². The Kier molecular flexibility index (Phi) is 6.51. The molecule has 182 valence electrons. The van der Waals surface area contributed by atoms with Crippen molar-refractivity contribution < 1.29 is 9.53 Å². The fraction of sp³-hybridized carbons (Fsp3) is 0.391. The van der Waals surface area contributed by atoms with Gasteiger partial charge in [0, 0.05) is 37.4 Å². The van der Waals surface area contributed by atoms with Crippen LogP contribution < -0.4 is 10.6 Å². The topological polar surface area (TPSA) is 120 Å². The molecule has 1 amide bonds. The predicted octanol–water partition coefficient (Wildman–Crippen LogP) is 3.96. The third-order valence-corrected chi connectivity index (χ3v) is 7.85. The summed E-state index contributed by atoms with van der Waals surface area (Å²) >= 11 is 5.04. The summed E-state index contributed by atoms with van der Waals surface area (Å²) in [6.45, 7) is 2.46. The van der Waals surface area contributed by atoms with Gasteiger partial charge < -0.3 is 15.4 Å². The van der Waals surface area contributed by atoms with Crippen LogP contribution in [0, 0.1) is 5.41 Å². The summed E-state index contributed by atoms with van der Waals surface area (Å²) in [6.07, 6.45) is 4.20. The molecule has 4 aromatic rings. The van der Waals surface area contributed by atoms with Crippen molar-refractivity contribution in [2.75, 3.05) is 19.5 Å². The van der Waals surface area contributed by atoms with Crippen molar-refractivity contribution in [3.05, 3.63) is 40.1 Å². The minimum atomic E-state index is -0.375. The van der Waals surface area contributed by atoms with Gasteiger partial charge in [-0.15, -0.1) is 10.2 Å². The SMILES string of the molecule is CNC(=O)[C@]1(C)CC[C@@H](Nc2ncc3c(Br)nn(-c4ccc(-c5nnc(COC)s5)cc4)c3n2)C1. The monoisotopic (exact) mass is 556 g/mol. The van der Waals surface area contributed by atoms with Gasteiger partial charge in [-0.25, -0.2) is 9.67 Å². The molecule has 5 rings (SSSR count). The molecule has 3 aromatic heterocycles. The average Bonchev–Trinajstić information content (AvgIpc) is 3.57. The molecule has 12 heteroatoms. The number of ether oxygens (including phenoxy) is 1. The lowest BCUT2D eigenvalue weighted by atomic mass is 9.87. The molecule has 0 unspecified atom stereocenters. The molecule has 0 aliphatic heterocycles. The molecule has 0 spiro atoms. The summed E-state index contributed by atoms with van der Waals surface area (Å²) in [5.74, 6) is 0.598. The highest BCUT2D eigenvalue weighted by atomic mass is 79.9. The van der Waals surface area contributed by atoms with Gasteiger partial charge in [0.1, 0.15) is 14.6 Å². The highest BCUT2D eigenvalue weighted by Crippen LogP contribution is 2.39. The van der Waals surface area contributed by atoms with Gasteiger partial charge in [-0.2, -0.15) is 10.1 Å². The maximum absolute atomic E-state index is 12.3. The summed E-state index contributed by atoms with van der Waals surface area (Å²) in [5.41, 5.74) is 2.15. The minimum Gasteiger partial charge on any atom is -0.377 e. The first-order valence-electron chi connectivity index (χ1n) is 11.2. The first-order valence-corrected chi connectivity index (χ1v) is 12.8. The summed E-state index contributed by atoms with van der Waals surface area (Å²) in [4.78, 5) is 21.5. The van der Waals surface area contributed by atoms with E-state index < -0.39 is 0 Å². The van der Waals surface area contributed by atoms with E-state index in [-0.39, 0.29) is 17.4 Å². The smallest absolute Gasteiger partial charge is 0.225 e. The van der Waals surface area contributed by atoms with Gasteiger partial charge in [-0.3, -0.25) is 4.79 Å². The third kappa shape index (κ3) is 4.65. The van der Waals surface area contributed by atoms with Crippen molar-refractivity contribution in [1.29, 1.82) is 0 Å². The summed E-state index contributed by atoms with van der Waals surface area (Å²) in [5, 5.41) is 21.7. The zero-order valence-electron chi connectivity index (χ0n) is 19.6. The Bertz CT molecular complexity index is 1370. The second-order valence-corrected chi connectivity index (χ2v) is 10.7. The molecule has 1 aliphatic carbocycles. The van der Waals surface area contributed by atoms with E-state index in [4.69, 9.17) is 9.72 Å². The Morgan fingerprint density at radius 2 is 2.11 bits per heavy atom. The number of hydrogen-bond donors (Lipinski definition) is 2. The van der Waals surface area contributed by atoms with E-state index in [9.17, 15) is 4.79 Å². The highest BCUT2D eigenvalue weighted by Gasteiger charge is 2.40. The van der Waals surface area contributed by atoms with Crippen LogP contribution in [0.25, 0.3) is 27.3 Å². The maximum atomic E-state index is 12.3. The molecule has 3 heterocycles. The van der Waals surface area contributed by atoms with E-state index in [2.05, 4.69) is 46.8 Å². The molecule has 1 aliphatic rings. The zero-order chi connectivity index (χ0) is 24.6. The maximum Gasteiger partial charge on any atom is 0.225 e. The minimum absolute atomic E-state index is 0.0760. The number of rotatable bonds is 7. The molecule has 10 nitrogen and oxygen atoms in total. The van der Waals surface area contributed by atoms with Gasteiger partial charge in [0.25, 0.3) is 0 Å². The second-order valence-electron chi connectivity index (χ2n) is 8.84. The number of methoxy groups -OCH3 is 1. The van der Waals surface area contributed by atoms with Crippen LogP contribution in [0.1, 0.15) is 31.2 Å². The van der Waals surface area contributed by atoms with Crippen LogP contribution in [0.5, 0.6) is 0 Å². The van der Waals surface area contributed by atoms with Gasteiger partial charge in [0.2, 0.25) is 11.9 Å². The molecular weight excluding hydrogens is 532 g/mol. The van der Waals surface area contributed by atoms with Crippen LogP contribution in [0.2, 0.25) is 0 Å². The number of anilines is 1. The normalized spacial score (nSPS) is 19.8. The lowest BCUT2D eigenvalue weighted by molar-refractivity contribution is -0.129. The Morgan fingerprint density at radius 1 is 1.31 bits per heavy atom. The van der Waals surface area contributed by atoms with Crippen molar-refractivity contribution in [1.82, 2.24) is 35.3 Å². The molecule has 35 heavy (non-hydrogen) atoms. The van der Waals surface area contributed by atoms with E-state index in [0.29, 0.717) is 22.8 Å². The second kappa shape index (κ2) is 9.59. The summed E-state index contributed by atoms with van der Waals surface area (Å²) in [7, 11) is 3.33. The molecule has 1 fully saturated rings. The molecule has 2 N–H and O–H groups in total. The van der Waals surface area contributed by atoms with Crippen LogP contribution in [-0.4, -0.2) is 56.1 Å². The van der Waals surface area contributed by atoms with E-state index in [0.717, 1.165) is 45.9 Å². The third-order valence-electron chi connectivity index (χ3n) is 6.32. The number of halogens is 1. The number of carbonyl (C=O) groups is 1. The van der Waals surface area contributed by atoms with E-state index in [1.54, 1.807) is 25.0 Å². The molecular formula is C23H25BrN8O2S. The average molecular weight is 557 g/mol. The first kappa shape index (κ1) is 23.8. The number of amides is 1. The molecule has 2 atom stereocenters. The Labute approximate surface area is 214 Å². The quantitative estimate of drug-likeness (QED) is 0.351. The van der Waals surface area contributed by atoms with Gasteiger partial charge in [-0.05, 0) is 59.5 Å². The molecule has 0 radical (unpaired) electrons. The Balaban J connectivity index is 1.39. The van der Waals surface area contributed by atoms with Crippen molar-refractivity contribution in [3.63, 3.8) is 0 Å². The highest BCUT2D eigenvalue weighted by molar-refractivity contribution is 9.10. The molecule has 1 aromatic carbocycles. The fourth-order valence-corrected chi connectivity index (χ4v) is 5.73. The number of hydrogen-bond acceptors (Lipinski definition) is 9.